The maximum Gasteiger partial charge on any atom is 0.105 e. The summed E-state index contributed by atoms with van der Waals surface area (Å²) in [6.07, 6.45) is 5.27. The van der Waals surface area contributed by atoms with E-state index in [1.54, 1.807) is 24.1 Å². The first-order valence-electron chi connectivity index (χ1n) is 4.00. The van der Waals surface area contributed by atoms with Gasteiger partial charge in [-0.15, -0.1) is 0 Å². The van der Waals surface area contributed by atoms with E-state index in [0.717, 1.165) is 5.70 Å². The zero-order valence-corrected chi connectivity index (χ0v) is 8.12. The maximum absolute atomic E-state index is 8.49. The van der Waals surface area contributed by atoms with Gasteiger partial charge in [-0.1, -0.05) is 12.7 Å². The zero-order chi connectivity index (χ0) is 10.3. The van der Waals surface area contributed by atoms with E-state index in [1.807, 2.05) is 19.1 Å². The largest absolute Gasteiger partial charge is 0.397 e. The summed E-state index contributed by atoms with van der Waals surface area (Å²) in [6.45, 7) is 5.84. The van der Waals surface area contributed by atoms with Gasteiger partial charge in [0.2, 0.25) is 0 Å². The Morgan fingerprint density at radius 1 is 1.69 bits per heavy atom. The molecular formula is C10H15N3. The minimum Gasteiger partial charge on any atom is -0.397 e. The minimum absolute atomic E-state index is 0.305. The van der Waals surface area contributed by atoms with Gasteiger partial charge in [-0.25, -0.2) is 0 Å². The van der Waals surface area contributed by atoms with Gasteiger partial charge in [-0.2, -0.15) is 5.26 Å². The predicted octanol–water partition coefficient (Wildman–Crippen LogP) is 1.37. The number of nitrogens with two attached hydrogens (primary N) is 1. The smallest absolute Gasteiger partial charge is 0.105 e. The fraction of sp³-hybridized carbons (Fsp3) is 0.300. The van der Waals surface area contributed by atoms with Gasteiger partial charge in [0.1, 0.15) is 6.54 Å². The standard InChI is InChI=1S/C10H15N3/c1-4-6-9(12)10(5-2)13(3)8-7-11/h4-6H,2,8,12H2,1,3H3/b6-4-,10-9-. The quantitative estimate of drug-likeness (QED) is 0.521. The summed E-state index contributed by atoms with van der Waals surface area (Å²) in [4.78, 5) is 1.75. The Morgan fingerprint density at radius 2 is 2.31 bits per heavy atom. The van der Waals surface area contributed by atoms with Gasteiger partial charge in [0.15, 0.2) is 0 Å². The van der Waals surface area contributed by atoms with Gasteiger partial charge in [0.05, 0.1) is 17.5 Å². The summed E-state index contributed by atoms with van der Waals surface area (Å²) >= 11 is 0. The van der Waals surface area contributed by atoms with Gasteiger partial charge >= 0.3 is 0 Å². The van der Waals surface area contributed by atoms with E-state index in [4.69, 9.17) is 11.0 Å². The van der Waals surface area contributed by atoms with Gasteiger partial charge in [0, 0.05) is 7.05 Å². The van der Waals surface area contributed by atoms with Crippen LogP contribution in [-0.2, 0) is 0 Å². The van der Waals surface area contributed by atoms with E-state index in [0.29, 0.717) is 12.2 Å². The van der Waals surface area contributed by atoms with E-state index in [-0.39, 0.29) is 0 Å². The highest BCUT2D eigenvalue weighted by Gasteiger charge is 2.02. The minimum atomic E-state index is 0.305. The third-order valence-electron chi connectivity index (χ3n) is 1.55. The summed E-state index contributed by atoms with van der Waals surface area (Å²) in [6, 6.07) is 2.04. The number of nitrogens with zero attached hydrogens (tertiary/aromatic N) is 2. The van der Waals surface area contributed by atoms with Gasteiger partial charge < -0.3 is 10.6 Å². The monoisotopic (exact) mass is 177 g/mol. The molecule has 0 aromatic heterocycles. The van der Waals surface area contributed by atoms with E-state index in [1.165, 1.54) is 0 Å². The average Bonchev–Trinajstić information content (AvgIpc) is 2.06. The average molecular weight is 177 g/mol. The molecule has 0 aromatic carbocycles. The number of hydrogen-bond acceptors (Lipinski definition) is 3. The summed E-state index contributed by atoms with van der Waals surface area (Å²) < 4.78 is 0. The maximum atomic E-state index is 8.49. The molecule has 0 aliphatic rings. The fourth-order valence-electron chi connectivity index (χ4n) is 0.950. The molecule has 0 saturated heterocycles. The van der Waals surface area contributed by atoms with Crippen LogP contribution in [0.5, 0.6) is 0 Å². The lowest BCUT2D eigenvalue weighted by Gasteiger charge is -2.17. The molecule has 0 heterocycles. The third-order valence-corrected chi connectivity index (χ3v) is 1.55. The molecule has 0 rings (SSSR count). The molecule has 0 saturated carbocycles. The summed E-state index contributed by atoms with van der Waals surface area (Å²) in [5.74, 6) is 0. The lowest BCUT2D eigenvalue weighted by Crippen LogP contribution is -2.20. The Balaban J connectivity index is 4.77. The first-order valence-corrected chi connectivity index (χ1v) is 4.00. The van der Waals surface area contributed by atoms with Crippen LogP contribution in [-0.4, -0.2) is 18.5 Å². The van der Waals surface area contributed by atoms with Gasteiger partial charge in [-0.3, -0.25) is 0 Å². The lowest BCUT2D eigenvalue weighted by molar-refractivity contribution is 0.480. The first kappa shape index (κ1) is 11.3. The highest BCUT2D eigenvalue weighted by atomic mass is 15.1. The SMILES string of the molecule is C=C/C(=C(N)\C=C/C)N(C)CC#N. The van der Waals surface area contributed by atoms with E-state index in [2.05, 4.69) is 6.58 Å². The van der Waals surface area contributed by atoms with Crippen LogP contribution in [0.1, 0.15) is 6.92 Å². The molecule has 70 valence electrons. The number of nitriles is 1. The Morgan fingerprint density at radius 3 is 2.69 bits per heavy atom. The number of rotatable bonds is 4. The molecular weight excluding hydrogens is 162 g/mol. The lowest BCUT2D eigenvalue weighted by atomic mass is 10.2. The van der Waals surface area contributed by atoms with E-state index >= 15 is 0 Å². The van der Waals surface area contributed by atoms with Gasteiger partial charge in [-0.05, 0) is 19.1 Å². The molecule has 0 amide bonds. The molecule has 0 radical (unpaired) electrons. The topological polar surface area (TPSA) is 53.0 Å². The summed E-state index contributed by atoms with van der Waals surface area (Å²) in [5.41, 5.74) is 7.14. The van der Waals surface area contributed by atoms with Crippen LogP contribution in [0.4, 0.5) is 0 Å². The molecule has 0 bridgehead atoms. The second kappa shape index (κ2) is 5.90. The van der Waals surface area contributed by atoms with Crippen LogP contribution in [0.25, 0.3) is 0 Å². The number of hydrogen-bond donors (Lipinski definition) is 1. The first-order chi connectivity index (χ1) is 6.17. The molecule has 0 spiro atoms. The van der Waals surface area contributed by atoms with Crippen LogP contribution in [0.2, 0.25) is 0 Å². The van der Waals surface area contributed by atoms with E-state index in [9.17, 15) is 0 Å². The second-order valence-electron chi connectivity index (χ2n) is 2.56. The van der Waals surface area contributed by atoms with Crippen LogP contribution in [0.3, 0.4) is 0 Å². The third kappa shape index (κ3) is 3.48. The van der Waals surface area contributed by atoms with Crippen LogP contribution in [0.15, 0.2) is 36.2 Å². The Kier molecular flexibility index (Phi) is 5.13. The van der Waals surface area contributed by atoms with Crippen molar-refractivity contribution in [2.45, 2.75) is 6.92 Å². The fourth-order valence-corrected chi connectivity index (χ4v) is 0.950. The van der Waals surface area contributed by atoms with E-state index < -0.39 is 0 Å². The Labute approximate surface area is 79.4 Å². The van der Waals surface area contributed by atoms with Crippen molar-refractivity contribution in [1.82, 2.24) is 4.90 Å². The summed E-state index contributed by atoms with van der Waals surface area (Å²) in [5, 5.41) is 8.49. The highest BCUT2D eigenvalue weighted by Crippen LogP contribution is 2.06. The van der Waals surface area contributed by atoms with Gasteiger partial charge in [0.25, 0.3) is 0 Å². The molecule has 3 heteroatoms. The molecule has 0 unspecified atom stereocenters. The number of allylic oxidation sites excluding steroid dienone is 3. The molecule has 0 fully saturated rings. The molecule has 0 aliphatic carbocycles. The van der Waals surface area contributed by atoms with Crippen LogP contribution in [0, 0.1) is 11.3 Å². The van der Waals surface area contributed by atoms with Crippen molar-refractivity contribution < 1.29 is 0 Å². The van der Waals surface area contributed by atoms with Crippen molar-refractivity contribution in [2.75, 3.05) is 13.6 Å². The van der Waals surface area contributed by atoms with Crippen molar-refractivity contribution in [2.24, 2.45) is 5.73 Å². The highest BCUT2D eigenvalue weighted by molar-refractivity contribution is 5.28. The molecule has 13 heavy (non-hydrogen) atoms. The zero-order valence-electron chi connectivity index (χ0n) is 8.12. The number of likely N-dealkylation sites (N-methyl/N-ethyl adjacent to an activating group) is 1. The Hall–Kier alpha value is -1.69. The van der Waals surface area contributed by atoms with Crippen molar-refractivity contribution in [3.8, 4) is 6.07 Å². The molecule has 2 N–H and O–H groups in total. The molecule has 0 aliphatic heterocycles. The second-order valence-corrected chi connectivity index (χ2v) is 2.56. The van der Waals surface area contributed by atoms with Crippen LogP contribution >= 0.6 is 0 Å². The van der Waals surface area contributed by atoms with Crippen molar-refractivity contribution in [1.29, 1.82) is 5.26 Å². The predicted molar refractivity (Wildman–Crippen MR) is 54.5 cm³/mol. The Bertz CT molecular complexity index is 268. The van der Waals surface area contributed by atoms with Crippen molar-refractivity contribution in [3.63, 3.8) is 0 Å². The molecule has 0 aromatic rings. The molecule has 3 nitrogen and oxygen atoms in total. The van der Waals surface area contributed by atoms with Crippen LogP contribution < -0.4 is 5.73 Å². The van der Waals surface area contributed by atoms with Crippen molar-refractivity contribution in [3.05, 3.63) is 36.2 Å². The molecule has 0 atom stereocenters. The van der Waals surface area contributed by atoms with Crippen molar-refractivity contribution >= 4 is 0 Å². The normalized spacial score (nSPS) is 12.1. The summed E-state index contributed by atoms with van der Waals surface area (Å²) in [7, 11) is 1.80.